The molecule has 0 N–H and O–H groups in total. The van der Waals surface area contributed by atoms with E-state index in [0.717, 1.165) is 0 Å². The molecule has 84 valence electrons. The van der Waals surface area contributed by atoms with Gasteiger partial charge in [-0.2, -0.15) is 0 Å². The number of carbonyl (C=O) groups is 1. The van der Waals surface area contributed by atoms with Crippen LogP contribution in [0.4, 0.5) is 0 Å². The SMILES string of the molecule is CC#CCOc1c(C=O)cc(Cl)cc1OC. The minimum Gasteiger partial charge on any atom is -0.493 e. The highest BCUT2D eigenvalue weighted by Gasteiger charge is 2.11. The number of aldehydes is 1. The highest BCUT2D eigenvalue weighted by molar-refractivity contribution is 6.31. The molecule has 0 aliphatic rings. The summed E-state index contributed by atoms with van der Waals surface area (Å²) in [6.45, 7) is 1.92. The van der Waals surface area contributed by atoms with Crippen LogP contribution in [0.15, 0.2) is 12.1 Å². The maximum Gasteiger partial charge on any atom is 0.173 e. The summed E-state index contributed by atoms with van der Waals surface area (Å²) in [7, 11) is 1.48. The fraction of sp³-hybridized carbons (Fsp3) is 0.250. The highest BCUT2D eigenvalue weighted by atomic mass is 35.5. The van der Waals surface area contributed by atoms with E-state index in [-0.39, 0.29) is 6.61 Å². The van der Waals surface area contributed by atoms with Crippen molar-refractivity contribution in [2.45, 2.75) is 6.92 Å². The Kier molecular flexibility index (Phi) is 4.68. The Balaban J connectivity index is 3.09. The lowest BCUT2D eigenvalue weighted by atomic mass is 10.2. The average Bonchev–Trinajstić information content (AvgIpc) is 2.30. The first-order chi connectivity index (χ1) is 7.72. The van der Waals surface area contributed by atoms with Crippen molar-refractivity contribution in [1.29, 1.82) is 0 Å². The van der Waals surface area contributed by atoms with Gasteiger partial charge in [-0.1, -0.05) is 17.5 Å². The molecule has 0 unspecified atom stereocenters. The monoisotopic (exact) mass is 238 g/mol. The molecule has 0 bridgehead atoms. The van der Waals surface area contributed by atoms with Crippen LogP contribution in [-0.2, 0) is 0 Å². The number of carbonyl (C=O) groups excluding carboxylic acids is 1. The fourth-order valence-electron chi connectivity index (χ4n) is 1.16. The molecule has 0 amide bonds. The molecule has 0 radical (unpaired) electrons. The molecule has 0 fully saturated rings. The first-order valence-electron chi connectivity index (χ1n) is 4.58. The van der Waals surface area contributed by atoms with Crippen molar-refractivity contribution in [3.05, 3.63) is 22.7 Å². The summed E-state index contributed by atoms with van der Waals surface area (Å²) in [5, 5.41) is 0.424. The van der Waals surface area contributed by atoms with Gasteiger partial charge in [-0.25, -0.2) is 0 Å². The van der Waals surface area contributed by atoms with E-state index in [4.69, 9.17) is 21.1 Å². The summed E-state index contributed by atoms with van der Waals surface area (Å²) in [4.78, 5) is 10.9. The van der Waals surface area contributed by atoms with Gasteiger partial charge < -0.3 is 9.47 Å². The molecule has 0 spiro atoms. The van der Waals surface area contributed by atoms with Crippen LogP contribution >= 0.6 is 11.6 Å². The molecule has 0 atom stereocenters. The van der Waals surface area contributed by atoms with Crippen molar-refractivity contribution in [3.63, 3.8) is 0 Å². The Morgan fingerprint density at radius 1 is 1.50 bits per heavy atom. The van der Waals surface area contributed by atoms with Crippen LogP contribution in [0.25, 0.3) is 0 Å². The van der Waals surface area contributed by atoms with E-state index in [2.05, 4.69) is 11.8 Å². The standard InChI is InChI=1S/C12H11ClO3/c1-3-4-5-16-12-9(8-14)6-10(13)7-11(12)15-2/h6-8H,5H2,1-2H3. The van der Waals surface area contributed by atoms with E-state index in [1.807, 2.05) is 0 Å². The Morgan fingerprint density at radius 2 is 2.25 bits per heavy atom. The van der Waals surface area contributed by atoms with Gasteiger partial charge in [-0.15, -0.1) is 5.92 Å². The van der Waals surface area contributed by atoms with Crippen LogP contribution in [0, 0.1) is 11.8 Å². The van der Waals surface area contributed by atoms with Gasteiger partial charge >= 0.3 is 0 Å². The quantitative estimate of drug-likeness (QED) is 0.597. The lowest BCUT2D eigenvalue weighted by Crippen LogP contribution is -2.00. The molecule has 0 saturated heterocycles. The molecular weight excluding hydrogens is 228 g/mol. The molecule has 0 saturated carbocycles. The molecule has 3 nitrogen and oxygen atoms in total. The topological polar surface area (TPSA) is 35.5 Å². The van der Waals surface area contributed by atoms with Gasteiger partial charge in [-0.05, 0) is 13.0 Å². The molecule has 4 heteroatoms. The number of hydrogen-bond donors (Lipinski definition) is 0. The van der Waals surface area contributed by atoms with Crippen LogP contribution < -0.4 is 9.47 Å². The molecule has 16 heavy (non-hydrogen) atoms. The minimum absolute atomic E-state index is 0.204. The van der Waals surface area contributed by atoms with Crippen LogP contribution in [0.5, 0.6) is 11.5 Å². The normalized spacial score (nSPS) is 8.94. The maximum absolute atomic E-state index is 10.9. The summed E-state index contributed by atoms with van der Waals surface area (Å²) in [6.07, 6.45) is 0.670. The molecular formula is C12H11ClO3. The average molecular weight is 239 g/mol. The summed E-state index contributed by atoms with van der Waals surface area (Å²) in [5.74, 6) is 6.22. The van der Waals surface area contributed by atoms with Crippen molar-refractivity contribution in [3.8, 4) is 23.3 Å². The summed E-state index contributed by atoms with van der Waals surface area (Å²) in [5.41, 5.74) is 0.349. The Hall–Kier alpha value is -1.66. The van der Waals surface area contributed by atoms with Crippen LogP contribution in [0.2, 0.25) is 5.02 Å². The van der Waals surface area contributed by atoms with Gasteiger partial charge in [0.1, 0.15) is 6.61 Å². The van der Waals surface area contributed by atoms with E-state index in [0.29, 0.717) is 28.4 Å². The van der Waals surface area contributed by atoms with Crippen molar-refractivity contribution in [2.75, 3.05) is 13.7 Å². The van der Waals surface area contributed by atoms with Crippen LogP contribution in [0.1, 0.15) is 17.3 Å². The number of halogens is 1. The molecule has 0 aromatic heterocycles. The highest BCUT2D eigenvalue weighted by Crippen LogP contribution is 2.33. The van der Waals surface area contributed by atoms with Gasteiger partial charge in [0.05, 0.1) is 12.7 Å². The van der Waals surface area contributed by atoms with Crippen molar-refractivity contribution < 1.29 is 14.3 Å². The largest absolute Gasteiger partial charge is 0.493 e. The molecule has 0 heterocycles. The third kappa shape index (κ3) is 2.91. The minimum atomic E-state index is 0.204. The number of methoxy groups -OCH3 is 1. The lowest BCUT2D eigenvalue weighted by Gasteiger charge is -2.11. The van der Waals surface area contributed by atoms with Gasteiger partial charge in [-0.3, -0.25) is 4.79 Å². The Labute approximate surface area is 99.3 Å². The number of ether oxygens (including phenoxy) is 2. The van der Waals surface area contributed by atoms with Crippen LogP contribution in [-0.4, -0.2) is 20.0 Å². The van der Waals surface area contributed by atoms with E-state index >= 15 is 0 Å². The summed E-state index contributed by atoms with van der Waals surface area (Å²) in [6, 6.07) is 3.11. The summed E-state index contributed by atoms with van der Waals surface area (Å²) >= 11 is 5.82. The third-order valence-electron chi connectivity index (χ3n) is 1.86. The molecule has 0 aliphatic carbocycles. The van der Waals surface area contributed by atoms with Crippen molar-refractivity contribution in [2.24, 2.45) is 0 Å². The van der Waals surface area contributed by atoms with Crippen molar-refractivity contribution >= 4 is 17.9 Å². The van der Waals surface area contributed by atoms with Crippen LogP contribution in [0.3, 0.4) is 0 Å². The second-order valence-electron chi connectivity index (χ2n) is 2.86. The molecule has 1 rings (SSSR count). The van der Waals surface area contributed by atoms with E-state index in [9.17, 15) is 4.79 Å². The summed E-state index contributed by atoms with van der Waals surface area (Å²) < 4.78 is 10.4. The van der Waals surface area contributed by atoms with Gasteiger partial charge in [0.25, 0.3) is 0 Å². The predicted molar refractivity (Wildman–Crippen MR) is 62.3 cm³/mol. The number of benzene rings is 1. The smallest absolute Gasteiger partial charge is 0.173 e. The first-order valence-corrected chi connectivity index (χ1v) is 4.95. The number of rotatable bonds is 4. The zero-order valence-electron chi connectivity index (χ0n) is 9.04. The lowest BCUT2D eigenvalue weighted by molar-refractivity contribution is 0.111. The Morgan fingerprint density at radius 3 is 2.81 bits per heavy atom. The van der Waals surface area contributed by atoms with Crippen molar-refractivity contribution in [1.82, 2.24) is 0 Å². The molecule has 1 aromatic rings. The first kappa shape index (κ1) is 12.4. The predicted octanol–water partition coefficient (Wildman–Crippen LogP) is 2.56. The van der Waals surface area contributed by atoms with Gasteiger partial charge in [0, 0.05) is 11.1 Å². The maximum atomic E-state index is 10.9. The van der Waals surface area contributed by atoms with Gasteiger partial charge in [0.15, 0.2) is 17.8 Å². The molecule has 0 aliphatic heterocycles. The number of hydrogen-bond acceptors (Lipinski definition) is 3. The van der Waals surface area contributed by atoms with Gasteiger partial charge in [0.2, 0.25) is 0 Å². The second kappa shape index (κ2) is 6.04. The van der Waals surface area contributed by atoms with E-state index in [1.54, 1.807) is 13.0 Å². The van der Waals surface area contributed by atoms with E-state index < -0.39 is 0 Å². The zero-order valence-corrected chi connectivity index (χ0v) is 9.80. The Bertz CT molecular complexity index is 444. The molecule has 1 aromatic carbocycles. The second-order valence-corrected chi connectivity index (χ2v) is 3.30. The fourth-order valence-corrected chi connectivity index (χ4v) is 1.38. The van der Waals surface area contributed by atoms with E-state index in [1.165, 1.54) is 13.2 Å². The zero-order chi connectivity index (χ0) is 12.0. The third-order valence-corrected chi connectivity index (χ3v) is 2.08.